The second-order valence-electron chi connectivity index (χ2n) is 3.93. The van der Waals surface area contributed by atoms with Crippen LogP contribution in [0.25, 0.3) is 0 Å². The Morgan fingerprint density at radius 2 is 1.71 bits per heavy atom. The van der Waals surface area contributed by atoms with Crippen molar-refractivity contribution in [3.63, 3.8) is 0 Å². The van der Waals surface area contributed by atoms with E-state index in [1.807, 2.05) is 32.9 Å². The maximum Gasteiger partial charge on any atom is 0.166 e. The van der Waals surface area contributed by atoms with Crippen molar-refractivity contribution in [3.05, 3.63) is 47.0 Å². The van der Waals surface area contributed by atoms with E-state index >= 15 is 0 Å². The molecule has 0 spiro atoms. The first-order valence-electron chi connectivity index (χ1n) is 4.75. The minimum Gasteiger partial charge on any atom is -0.294 e. The zero-order chi connectivity index (χ0) is 10.7. The van der Waals surface area contributed by atoms with Crippen LogP contribution < -0.4 is 0 Å². The number of hydrogen-bond acceptors (Lipinski definition) is 1. The van der Waals surface area contributed by atoms with E-state index in [2.05, 4.69) is 12.6 Å². The van der Waals surface area contributed by atoms with Crippen LogP contribution in [0.15, 0.2) is 30.4 Å². The predicted octanol–water partition coefficient (Wildman–Crippen LogP) is 3.45. The fourth-order valence-corrected chi connectivity index (χ4v) is 1.51. The minimum atomic E-state index is 0.157. The molecular formula is C13H16O. The molecule has 0 amide bonds. The highest BCUT2D eigenvalue weighted by Crippen LogP contribution is 2.12. The van der Waals surface area contributed by atoms with E-state index in [0.717, 1.165) is 22.3 Å². The van der Waals surface area contributed by atoms with Crippen LogP contribution in [-0.4, -0.2) is 5.78 Å². The molecule has 0 radical (unpaired) electrons. The summed E-state index contributed by atoms with van der Waals surface area (Å²) in [5, 5.41) is 0. The average Bonchev–Trinajstić information content (AvgIpc) is 2.00. The Balaban J connectivity index is 2.95. The van der Waals surface area contributed by atoms with E-state index in [1.165, 1.54) is 0 Å². The van der Waals surface area contributed by atoms with Gasteiger partial charge in [-0.05, 0) is 32.9 Å². The molecule has 0 aliphatic heterocycles. The van der Waals surface area contributed by atoms with Crippen molar-refractivity contribution in [2.24, 2.45) is 0 Å². The molecule has 1 heteroatoms. The van der Waals surface area contributed by atoms with E-state index in [1.54, 1.807) is 0 Å². The van der Waals surface area contributed by atoms with Crippen LogP contribution in [0.1, 0.15) is 34.8 Å². The Bertz CT molecular complexity index is 355. The van der Waals surface area contributed by atoms with Gasteiger partial charge in [-0.1, -0.05) is 29.3 Å². The number of carbonyl (C=O) groups is 1. The van der Waals surface area contributed by atoms with Crippen molar-refractivity contribution in [2.75, 3.05) is 0 Å². The van der Waals surface area contributed by atoms with Gasteiger partial charge in [-0.25, -0.2) is 0 Å². The van der Waals surface area contributed by atoms with Crippen LogP contribution in [-0.2, 0) is 0 Å². The van der Waals surface area contributed by atoms with Gasteiger partial charge in [-0.15, -0.1) is 0 Å². The first-order chi connectivity index (χ1) is 6.49. The standard InChI is InChI=1S/C13H16O/c1-9(2)5-13(14)12-7-10(3)6-11(4)8-12/h6-8H,1,5H2,2-4H3. The molecule has 14 heavy (non-hydrogen) atoms. The summed E-state index contributed by atoms with van der Waals surface area (Å²) in [5.74, 6) is 0.157. The number of hydrogen-bond donors (Lipinski definition) is 0. The minimum absolute atomic E-state index is 0.157. The molecule has 1 aromatic rings. The van der Waals surface area contributed by atoms with E-state index in [0.29, 0.717) is 6.42 Å². The van der Waals surface area contributed by atoms with Crippen molar-refractivity contribution in [2.45, 2.75) is 27.2 Å². The lowest BCUT2D eigenvalue weighted by molar-refractivity contribution is 0.0993. The first kappa shape index (κ1) is 10.7. The predicted molar refractivity (Wildman–Crippen MR) is 59.7 cm³/mol. The van der Waals surface area contributed by atoms with Crippen LogP contribution >= 0.6 is 0 Å². The second-order valence-corrected chi connectivity index (χ2v) is 3.93. The fourth-order valence-electron chi connectivity index (χ4n) is 1.51. The summed E-state index contributed by atoms with van der Waals surface area (Å²) in [4.78, 5) is 11.7. The van der Waals surface area contributed by atoms with Gasteiger partial charge in [0.1, 0.15) is 0 Å². The molecule has 74 valence electrons. The largest absolute Gasteiger partial charge is 0.294 e. The zero-order valence-corrected chi connectivity index (χ0v) is 9.05. The molecule has 1 nitrogen and oxygen atoms in total. The Labute approximate surface area is 85.5 Å². The molecule has 0 aromatic heterocycles. The number of Topliss-reactive ketones (excluding diaryl/α,β-unsaturated/α-hetero) is 1. The number of benzene rings is 1. The van der Waals surface area contributed by atoms with Crippen molar-refractivity contribution in [1.82, 2.24) is 0 Å². The number of allylic oxidation sites excluding steroid dienone is 1. The van der Waals surface area contributed by atoms with E-state index < -0.39 is 0 Å². The van der Waals surface area contributed by atoms with Crippen molar-refractivity contribution >= 4 is 5.78 Å². The molecule has 1 aromatic carbocycles. The maximum atomic E-state index is 11.7. The van der Waals surface area contributed by atoms with Crippen LogP contribution in [0.5, 0.6) is 0 Å². The van der Waals surface area contributed by atoms with Gasteiger partial charge in [0.2, 0.25) is 0 Å². The van der Waals surface area contributed by atoms with Crippen molar-refractivity contribution in [1.29, 1.82) is 0 Å². The van der Waals surface area contributed by atoms with Crippen LogP contribution in [0.3, 0.4) is 0 Å². The Hall–Kier alpha value is -1.37. The third-order valence-electron chi connectivity index (χ3n) is 2.01. The van der Waals surface area contributed by atoms with Gasteiger partial charge >= 0.3 is 0 Å². The molecular weight excluding hydrogens is 172 g/mol. The first-order valence-corrected chi connectivity index (χ1v) is 4.75. The van der Waals surface area contributed by atoms with E-state index in [9.17, 15) is 4.79 Å². The summed E-state index contributed by atoms with van der Waals surface area (Å²) in [6, 6.07) is 5.92. The highest BCUT2D eigenvalue weighted by atomic mass is 16.1. The van der Waals surface area contributed by atoms with Gasteiger partial charge in [0, 0.05) is 12.0 Å². The highest BCUT2D eigenvalue weighted by Gasteiger charge is 2.06. The maximum absolute atomic E-state index is 11.7. The molecule has 0 aliphatic carbocycles. The van der Waals surface area contributed by atoms with Gasteiger partial charge in [-0.2, -0.15) is 0 Å². The molecule has 1 rings (SSSR count). The summed E-state index contributed by atoms with van der Waals surface area (Å²) in [5.41, 5.74) is 3.98. The number of rotatable bonds is 3. The average molecular weight is 188 g/mol. The smallest absolute Gasteiger partial charge is 0.166 e. The normalized spacial score (nSPS) is 9.93. The summed E-state index contributed by atoms with van der Waals surface area (Å²) >= 11 is 0. The summed E-state index contributed by atoms with van der Waals surface area (Å²) in [6.07, 6.45) is 0.447. The lowest BCUT2D eigenvalue weighted by Crippen LogP contribution is -2.00. The van der Waals surface area contributed by atoms with Crippen LogP contribution in [0, 0.1) is 13.8 Å². The van der Waals surface area contributed by atoms with Crippen molar-refractivity contribution in [3.8, 4) is 0 Å². The molecule has 0 unspecified atom stereocenters. The third kappa shape index (κ3) is 2.84. The highest BCUT2D eigenvalue weighted by molar-refractivity contribution is 5.97. The monoisotopic (exact) mass is 188 g/mol. The molecule has 0 saturated carbocycles. The van der Waals surface area contributed by atoms with Gasteiger partial charge in [0.15, 0.2) is 5.78 Å². The van der Waals surface area contributed by atoms with Crippen molar-refractivity contribution < 1.29 is 4.79 Å². The molecule has 0 atom stereocenters. The summed E-state index contributed by atoms with van der Waals surface area (Å²) in [6.45, 7) is 9.63. The molecule has 0 aliphatic rings. The second kappa shape index (κ2) is 4.23. The number of ketones is 1. The molecule has 0 saturated heterocycles. The van der Waals surface area contributed by atoms with Crippen LogP contribution in [0.4, 0.5) is 0 Å². The van der Waals surface area contributed by atoms with Crippen LogP contribution in [0.2, 0.25) is 0 Å². The fraction of sp³-hybridized carbons (Fsp3) is 0.308. The van der Waals surface area contributed by atoms with Gasteiger partial charge < -0.3 is 0 Å². The third-order valence-corrected chi connectivity index (χ3v) is 2.01. The van der Waals surface area contributed by atoms with Gasteiger partial charge in [-0.3, -0.25) is 4.79 Å². The molecule has 0 N–H and O–H groups in total. The Morgan fingerprint density at radius 1 is 1.21 bits per heavy atom. The van der Waals surface area contributed by atoms with E-state index in [-0.39, 0.29) is 5.78 Å². The Morgan fingerprint density at radius 3 is 2.14 bits per heavy atom. The molecule has 0 fully saturated rings. The lowest BCUT2D eigenvalue weighted by atomic mass is 10.0. The van der Waals surface area contributed by atoms with Gasteiger partial charge in [0.25, 0.3) is 0 Å². The lowest BCUT2D eigenvalue weighted by Gasteiger charge is -2.03. The SMILES string of the molecule is C=C(C)CC(=O)c1cc(C)cc(C)c1. The molecule has 0 bridgehead atoms. The number of carbonyl (C=O) groups excluding carboxylic acids is 1. The molecule has 0 heterocycles. The quantitative estimate of drug-likeness (QED) is 0.524. The number of aryl methyl sites for hydroxylation is 2. The zero-order valence-electron chi connectivity index (χ0n) is 9.05. The van der Waals surface area contributed by atoms with E-state index in [4.69, 9.17) is 0 Å². The summed E-state index contributed by atoms with van der Waals surface area (Å²) < 4.78 is 0. The summed E-state index contributed by atoms with van der Waals surface area (Å²) in [7, 11) is 0. The Kier molecular flexibility index (Phi) is 3.23. The topological polar surface area (TPSA) is 17.1 Å². The van der Waals surface area contributed by atoms with Gasteiger partial charge in [0.05, 0.1) is 0 Å².